The molecule has 1 fully saturated rings. The van der Waals surface area contributed by atoms with Gasteiger partial charge in [0, 0.05) is 33.1 Å². The number of para-hydroxylation sites is 2. The number of hydrogen-bond acceptors (Lipinski definition) is 4. The van der Waals surface area contributed by atoms with E-state index in [0.29, 0.717) is 24.2 Å². The number of nitriles is 1. The lowest BCUT2D eigenvalue weighted by molar-refractivity contribution is -0.127. The lowest BCUT2D eigenvalue weighted by atomic mass is 10.1. The predicted molar refractivity (Wildman–Crippen MR) is 101 cm³/mol. The van der Waals surface area contributed by atoms with Crippen LogP contribution in [0.1, 0.15) is 24.0 Å². The molecule has 26 heavy (non-hydrogen) atoms. The highest BCUT2D eigenvalue weighted by Crippen LogP contribution is 2.28. The van der Waals surface area contributed by atoms with E-state index in [0.717, 1.165) is 41.9 Å². The van der Waals surface area contributed by atoms with E-state index in [2.05, 4.69) is 16.0 Å². The van der Waals surface area contributed by atoms with E-state index >= 15 is 0 Å². The maximum absolute atomic E-state index is 11.9. The topological polar surface area (TPSA) is 64.6 Å². The molecule has 0 radical (unpaired) electrons. The molecular weight excluding hydrogens is 326 g/mol. The number of nitrogens with zero attached hydrogens (tertiary/aromatic N) is 5. The SMILES string of the molecule is Cc1cc(N(C)CCN2CCCC2=O)n2c(nc3ccccc32)c1C#N. The molecule has 1 aliphatic heterocycles. The maximum atomic E-state index is 11.9. The average molecular weight is 347 g/mol. The molecule has 4 rings (SSSR count). The van der Waals surface area contributed by atoms with Crippen molar-refractivity contribution in [1.82, 2.24) is 14.3 Å². The van der Waals surface area contributed by atoms with E-state index in [1.807, 2.05) is 53.6 Å². The monoisotopic (exact) mass is 347 g/mol. The number of amides is 1. The Labute approximate surface area is 152 Å². The second kappa shape index (κ2) is 6.34. The van der Waals surface area contributed by atoms with E-state index in [1.54, 1.807) is 0 Å². The first-order chi connectivity index (χ1) is 12.6. The lowest BCUT2D eigenvalue weighted by Gasteiger charge is -2.25. The zero-order valence-electron chi connectivity index (χ0n) is 15.1. The van der Waals surface area contributed by atoms with Crippen LogP contribution in [0.3, 0.4) is 0 Å². The molecule has 1 amide bonds. The van der Waals surface area contributed by atoms with Crippen LogP contribution in [0.5, 0.6) is 0 Å². The van der Waals surface area contributed by atoms with Gasteiger partial charge in [-0.15, -0.1) is 0 Å². The summed E-state index contributed by atoms with van der Waals surface area (Å²) in [5.41, 5.74) is 4.06. The Balaban J connectivity index is 1.78. The van der Waals surface area contributed by atoms with Crippen molar-refractivity contribution < 1.29 is 4.79 Å². The number of aromatic nitrogens is 2. The normalized spacial score (nSPS) is 14.3. The first-order valence-corrected chi connectivity index (χ1v) is 8.90. The maximum Gasteiger partial charge on any atom is 0.222 e. The number of aryl methyl sites for hydroxylation is 1. The van der Waals surface area contributed by atoms with Gasteiger partial charge in [0.15, 0.2) is 5.65 Å². The summed E-state index contributed by atoms with van der Waals surface area (Å²) in [6.07, 6.45) is 1.62. The number of hydrogen-bond donors (Lipinski definition) is 0. The quantitative estimate of drug-likeness (QED) is 0.728. The molecule has 0 bridgehead atoms. The molecule has 0 spiro atoms. The van der Waals surface area contributed by atoms with Crippen molar-refractivity contribution in [3.8, 4) is 6.07 Å². The van der Waals surface area contributed by atoms with Crippen molar-refractivity contribution >= 4 is 28.4 Å². The summed E-state index contributed by atoms with van der Waals surface area (Å²) in [7, 11) is 2.02. The van der Waals surface area contributed by atoms with Crippen LogP contribution in [0, 0.1) is 18.3 Å². The van der Waals surface area contributed by atoms with E-state index < -0.39 is 0 Å². The van der Waals surface area contributed by atoms with Crippen molar-refractivity contribution in [2.24, 2.45) is 0 Å². The highest BCUT2D eigenvalue weighted by Gasteiger charge is 2.21. The highest BCUT2D eigenvalue weighted by atomic mass is 16.2. The number of pyridine rings is 1. The van der Waals surface area contributed by atoms with Crippen molar-refractivity contribution in [1.29, 1.82) is 5.26 Å². The Morgan fingerprint density at radius 1 is 1.35 bits per heavy atom. The summed E-state index contributed by atoms with van der Waals surface area (Å²) >= 11 is 0. The Morgan fingerprint density at radius 3 is 2.88 bits per heavy atom. The summed E-state index contributed by atoms with van der Waals surface area (Å²) < 4.78 is 2.05. The molecule has 2 aromatic heterocycles. The van der Waals surface area contributed by atoms with Gasteiger partial charge in [0.1, 0.15) is 11.9 Å². The molecule has 3 heterocycles. The zero-order chi connectivity index (χ0) is 18.3. The number of likely N-dealkylation sites (tertiary alicyclic amines) is 1. The molecule has 0 unspecified atom stereocenters. The summed E-state index contributed by atoms with van der Waals surface area (Å²) in [6, 6.07) is 12.2. The minimum Gasteiger partial charge on any atom is -0.359 e. The summed E-state index contributed by atoms with van der Waals surface area (Å²) in [4.78, 5) is 20.6. The predicted octanol–water partition coefficient (Wildman–Crippen LogP) is 2.73. The van der Waals surface area contributed by atoms with Gasteiger partial charge in [-0.2, -0.15) is 5.26 Å². The summed E-state index contributed by atoms with van der Waals surface area (Å²) in [5.74, 6) is 1.23. The molecule has 1 aromatic carbocycles. The van der Waals surface area contributed by atoms with Gasteiger partial charge < -0.3 is 9.80 Å². The fourth-order valence-corrected chi connectivity index (χ4v) is 3.68. The Bertz CT molecular complexity index is 1050. The minimum absolute atomic E-state index is 0.243. The van der Waals surface area contributed by atoms with E-state index in [-0.39, 0.29) is 5.91 Å². The second-order valence-corrected chi connectivity index (χ2v) is 6.84. The number of likely N-dealkylation sites (N-methyl/N-ethyl adjacent to an activating group) is 1. The van der Waals surface area contributed by atoms with Crippen LogP contribution in [-0.2, 0) is 4.79 Å². The van der Waals surface area contributed by atoms with Gasteiger partial charge in [-0.25, -0.2) is 4.98 Å². The van der Waals surface area contributed by atoms with Crippen molar-refractivity contribution in [3.63, 3.8) is 0 Å². The first-order valence-electron chi connectivity index (χ1n) is 8.90. The molecule has 1 saturated heterocycles. The molecular formula is C20H21N5O. The minimum atomic E-state index is 0.243. The summed E-state index contributed by atoms with van der Waals surface area (Å²) in [6.45, 7) is 4.24. The molecule has 0 atom stereocenters. The smallest absolute Gasteiger partial charge is 0.222 e. The standard InChI is InChI=1S/C20H21N5O/c1-14-12-18(23(2)10-11-24-9-5-8-19(24)26)25-17-7-4-3-6-16(17)22-20(25)15(14)13-21/h3-4,6-7,12H,5,8-11H2,1-2H3. The molecule has 0 aliphatic carbocycles. The van der Waals surface area contributed by atoms with E-state index in [1.165, 1.54) is 0 Å². The number of anilines is 1. The number of rotatable bonds is 4. The third-order valence-corrected chi connectivity index (χ3v) is 5.13. The second-order valence-electron chi connectivity index (χ2n) is 6.84. The molecule has 0 saturated carbocycles. The van der Waals surface area contributed by atoms with Crippen LogP contribution in [-0.4, -0.2) is 46.9 Å². The zero-order valence-corrected chi connectivity index (χ0v) is 15.1. The first kappa shape index (κ1) is 16.4. The van der Waals surface area contributed by atoms with Crippen LogP contribution in [0.15, 0.2) is 30.3 Å². The van der Waals surface area contributed by atoms with Crippen LogP contribution >= 0.6 is 0 Å². The highest BCUT2D eigenvalue weighted by molar-refractivity contribution is 5.85. The van der Waals surface area contributed by atoms with Gasteiger partial charge >= 0.3 is 0 Å². The van der Waals surface area contributed by atoms with Crippen LogP contribution in [0.2, 0.25) is 0 Å². The molecule has 6 nitrogen and oxygen atoms in total. The van der Waals surface area contributed by atoms with Gasteiger partial charge in [0.25, 0.3) is 0 Å². The lowest BCUT2D eigenvalue weighted by Crippen LogP contribution is -2.34. The third kappa shape index (κ3) is 2.57. The Morgan fingerprint density at radius 2 is 2.15 bits per heavy atom. The van der Waals surface area contributed by atoms with Crippen molar-refractivity contribution in [2.75, 3.05) is 31.6 Å². The van der Waals surface area contributed by atoms with Gasteiger partial charge in [-0.3, -0.25) is 9.20 Å². The summed E-state index contributed by atoms with van der Waals surface area (Å²) in [5, 5.41) is 9.59. The molecule has 0 N–H and O–H groups in total. The van der Waals surface area contributed by atoms with E-state index in [4.69, 9.17) is 0 Å². The fourth-order valence-electron chi connectivity index (χ4n) is 3.68. The number of carbonyl (C=O) groups is 1. The number of carbonyl (C=O) groups excluding carboxylic acids is 1. The molecule has 3 aromatic rings. The molecule has 6 heteroatoms. The van der Waals surface area contributed by atoms with Gasteiger partial charge in [0.05, 0.1) is 16.6 Å². The number of imidazole rings is 1. The Kier molecular flexibility index (Phi) is 4.00. The van der Waals surface area contributed by atoms with Crippen LogP contribution < -0.4 is 4.90 Å². The number of fused-ring (bicyclic) bond motifs is 3. The number of benzene rings is 1. The average Bonchev–Trinajstić information content (AvgIpc) is 3.22. The van der Waals surface area contributed by atoms with Gasteiger partial charge in [-0.05, 0) is 37.1 Å². The molecule has 132 valence electrons. The van der Waals surface area contributed by atoms with E-state index in [9.17, 15) is 10.1 Å². The van der Waals surface area contributed by atoms with Crippen LogP contribution in [0.25, 0.3) is 16.7 Å². The fraction of sp³-hybridized carbons (Fsp3) is 0.350. The largest absolute Gasteiger partial charge is 0.359 e. The van der Waals surface area contributed by atoms with Gasteiger partial charge in [-0.1, -0.05) is 12.1 Å². The Hall–Kier alpha value is -3.07. The third-order valence-electron chi connectivity index (χ3n) is 5.13. The van der Waals surface area contributed by atoms with Crippen LogP contribution in [0.4, 0.5) is 5.82 Å². The van der Waals surface area contributed by atoms with Crippen molar-refractivity contribution in [3.05, 3.63) is 41.5 Å². The molecule has 1 aliphatic rings. The van der Waals surface area contributed by atoms with Gasteiger partial charge in [0.2, 0.25) is 5.91 Å². The van der Waals surface area contributed by atoms with Crippen molar-refractivity contribution in [2.45, 2.75) is 19.8 Å².